The van der Waals surface area contributed by atoms with Gasteiger partial charge < -0.3 is 14.8 Å². The van der Waals surface area contributed by atoms with Gasteiger partial charge >= 0.3 is 5.97 Å². The number of aryl methyl sites for hydroxylation is 2. The second kappa shape index (κ2) is 3.90. The maximum atomic E-state index is 10.6. The van der Waals surface area contributed by atoms with Gasteiger partial charge in [-0.15, -0.1) is 0 Å². The molecule has 88 valence electrons. The van der Waals surface area contributed by atoms with Crippen molar-refractivity contribution >= 4 is 5.97 Å². The summed E-state index contributed by atoms with van der Waals surface area (Å²) in [4.78, 5) is 14.8. The van der Waals surface area contributed by atoms with Gasteiger partial charge in [-0.3, -0.25) is 4.79 Å². The molecule has 0 bridgehead atoms. The molecule has 0 radical (unpaired) electrons. The predicted octanol–water partition coefficient (Wildman–Crippen LogP) is 0.578. The van der Waals surface area contributed by atoms with Crippen LogP contribution in [0.5, 0.6) is 0 Å². The Morgan fingerprint density at radius 2 is 2.38 bits per heavy atom. The molecule has 1 heterocycles. The number of hydrogen-bond acceptors (Lipinski definition) is 3. The molecule has 2 rings (SSSR count). The van der Waals surface area contributed by atoms with Crippen molar-refractivity contribution in [2.75, 3.05) is 0 Å². The van der Waals surface area contributed by atoms with E-state index in [9.17, 15) is 9.90 Å². The van der Waals surface area contributed by atoms with E-state index in [-0.39, 0.29) is 5.92 Å². The zero-order valence-electron chi connectivity index (χ0n) is 9.26. The summed E-state index contributed by atoms with van der Waals surface area (Å²) in [5, 5.41) is 18.8. The van der Waals surface area contributed by atoms with E-state index >= 15 is 0 Å². The summed E-state index contributed by atoms with van der Waals surface area (Å²) in [7, 11) is 1.91. The molecule has 0 saturated heterocycles. The molecular formula is C11H16N2O3. The molecule has 1 aromatic rings. The number of carbonyl (C=O) groups is 1. The van der Waals surface area contributed by atoms with E-state index in [0.29, 0.717) is 25.7 Å². The number of hydrogen-bond donors (Lipinski definition) is 2. The third-order valence-electron chi connectivity index (χ3n) is 3.34. The number of imidazole rings is 1. The number of carboxylic acid groups (broad SMARTS) is 1. The topological polar surface area (TPSA) is 75.3 Å². The molecule has 1 aliphatic rings. The van der Waals surface area contributed by atoms with Crippen molar-refractivity contribution < 1.29 is 15.0 Å². The second-order valence-corrected chi connectivity index (χ2v) is 4.62. The standard InChI is InChI=1S/C11H16N2O3/c1-13-5-4-12-9(13)2-3-11(16)6-8(7-11)10(14)15/h4-5,8,16H,2-3,6-7H2,1H3,(H,14,15). The van der Waals surface area contributed by atoms with Crippen molar-refractivity contribution in [3.05, 3.63) is 18.2 Å². The van der Waals surface area contributed by atoms with Crippen LogP contribution in [0.15, 0.2) is 12.4 Å². The average molecular weight is 224 g/mol. The smallest absolute Gasteiger partial charge is 0.306 e. The van der Waals surface area contributed by atoms with Gasteiger partial charge in [0.25, 0.3) is 0 Å². The Hall–Kier alpha value is -1.36. The van der Waals surface area contributed by atoms with E-state index in [2.05, 4.69) is 4.98 Å². The minimum Gasteiger partial charge on any atom is -0.481 e. The van der Waals surface area contributed by atoms with Crippen LogP contribution in [-0.4, -0.2) is 31.3 Å². The molecule has 0 atom stereocenters. The molecule has 2 N–H and O–H groups in total. The van der Waals surface area contributed by atoms with Gasteiger partial charge in [-0.2, -0.15) is 0 Å². The highest BCUT2D eigenvalue weighted by molar-refractivity contribution is 5.71. The van der Waals surface area contributed by atoms with Crippen molar-refractivity contribution in [2.45, 2.75) is 31.3 Å². The van der Waals surface area contributed by atoms with Gasteiger partial charge in [-0.05, 0) is 19.3 Å². The summed E-state index contributed by atoms with van der Waals surface area (Å²) in [6.07, 6.45) is 5.59. The highest BCUT2D eigenvalue weighted by Gasteiger charge is 2.45. The Kier molecular flexibility index (Phi) is 2.71. The maximum Gasteiger partial charge on any atom is 0.306 e. The largest absolute Gasteiger partial charge is 0.481 e. The van der Waals surface area contributed by atoms with Gasteiger partial charge in [0.2, 0.25) is 0 Å². The number of nitrogens with zero attached hydrogens (tertiary/aromatic N) is 2. The molecule has 16 heavy (non-hydrogen) atoms. The van der Waals surface area contributed by atoms with E-state index < -0.39 is 11.6 Å². The minimum absolute atomic E-state index is 0.368. The van der Waals surface area contributed by atoms with Gasteiger partial charge in [0.15, 0.2) is 0 Å². The summed E-state index contributed by atoms with van der Waals surface area (Å²) in [6.45, 7) is 0. The Balaban J connectivity index is 1.84. The SMILES string of the molecule is Cn1ccnc1CCC1(O)CC(C(=O)O)C1. The molecule has 0 spiro atoms. The van der Waals surface area contributed by atoms with Crippen LogP contribution in [0.4, 0.5) is 0 Å². The van der Waals surface area contributed by atoms with Crippen LogP contribution in [-0.2, 0) is 18.3 Å². The molecule has 5 nitrogen and oxygen atoms in total. The third-order valence-corrected chi connectivity index (χ3v) is 3.34. The average Bonchev–Trinajstić information content (AvgIpc) is 2.56. The van der Waals surface area contributed by atoms with Crippen molar-refractivity contribution in [3.63, 3.8) is 0 Å². The summed E-state index contributed by atoms with van der Waals surface area (Å²) in [5.74, 6) is -0.250. The summed E-state index contributed by atoms with van der Waals surface area (Å²) < 4.78 is 1.91. The number of carboxylic acids is 1. The Morgan fingerprint density at radius 3 is 2.88 bits per heavy atom. The zero-order chi connectivity index (χ0) is 11.8. The molecule has 0 aromatic carbocycles. The van der Waals surface area contributed by atoms with E-state index in [1.54, 1.807) is 6.20 Å². The first kappa shape index (κ1) is 11.1. The first-order chi connectivity index (χ1) is 7.50. The van der Waals surface area contributed by atoms with Crippen molar-refractivity contribution in [1.82, 2.24) is 9.55 Å². The molecule has 0 aliphatic heterocycles. The fourth-order valence-corrected chi connectivity index (χ4v) is 2.22. The second-order valence-electron chi connectivity index (χ2n) is 4.62. The summed E-state index contributed by atoms with van der Waals surface area (Å²) in [6, 6.07) is 0. The van der Waals surface area contributed by atoms with Crippen LogP contribution in [0.2, 0.25) is 0 Å². The number of aliphatic carboxylic acids is 1. The van der Waals surface area contributed by atoms with E-state index in [4.69, 9.17) is 5.11 Å². The quantitative estimate of drug-likeness (QED) is 0.784. The third kappa shape index (κ3) is 2.09. The minimum atomic E-state index is -0.804. The Labute approximate surface area is 93.7 Å². The first-order valence-electron chi connectivity index (χ1n) is 5.41. The lowest BCUT2D eigenvalue weighted by Crippen LogP contribution is -2.47. The monoisotopic (exact) mass is 224 g/mol. The lowest BCUT2D eigenvalue weighted by molar-refractivity contribution is -0.158. The molecule has 1 aromatic heterocycles. The molecule has 1 aliphatic carbocycles. The first-order valence-corrected chi connectivity index (χ1v) is 5.41. The summed E-state index contributed by atoms with van der Waals surface area (Å²) in [5.41, 5.74) is -0.797. The van der Waals surface area contributed by atoms with E-state index in [1.165, 1.54) is 0 Å². The molecule has 1 fully saturated rings. The van der Waals surface area contributed by atoms with Crippen molar-refractivity contribution in [3.8, 4) is 0 Å². The highest BCUT2D eigenvalue weighted by Crippen LogP contribution is 2.40. The van der Waals surface area contributed by atoms with Gasteiger partial charge in [-0.25, -0.2) is 4.98 Å². The van der Waals surface area contributed by atoms with Crippen LogP contribution in [0.1, 0.15) is 25.1 Å². The van der Waals surface area contributed by atoms with Gasteiger partial charge in [0, 0.05) is 25.9 Å². The molecule has 5 heteroatoms. The number of aromatic nitrogens is 2. The molecule has 1 saturated carbocycles. The van der Waals surface area contributed by atoms with E-state index in [1.807, 2.05) is 17.8 Å². The zero-order valence-corrected chi connectivity index (χ0v) is 9.26. The van der Waals surface area contributed by atoms with Crippen LogP contribution >= 0.6 is 0 Å². The molecule has 0 amide bonds. The Bertz CT molecular complexity index is 394. The fourth-order valence-electron chi connectivity index (χ4n) is 2.22. The van der Waals surface area contributed by atoms with Crippen LogP contribution in [0.25, 0.3) is 0 Å². The van der Waals surface area contributed by atoms with E-state index in [0.717, 1.165) is 5.82 Å². The fraction of sp³-hybridized carbons (Fsp3) is 0.636. The lowest BCUT2D eigenvalue weighted by atomic mass is 9.69. The number of rotatable bonds is 4. The maximum absolute atomic E-state index is 10.6. The predicted molar refractivity (Wildman–Crippen MR) is 56.8 cm³/mol. The van der Waals surface area contributed by atoms with Gasteiger partial charge in [-0.1, -0.05) is 0 Å². The number of aliphatic hydroxyl groups is 1. The van der Waals surface area contributed by atoms with Crippen molar-refractivity contribution in [2.24, 2.45) is 13.0 Å². The Morgan fingerprint density at radius 1 is 1.69 bits per heavy atom. The van der Waals surface area contributed by atoms with Gasteiger partial charge in [0.05, 0.1) is 11.5 Å². The van der Waals surface area contributed by atoms with Crippen LogP contribution in [0.3, 0.4) is 0 Å². The molecule has 0 unspecified atom stereocenters. The molecular weight excluding hydrogens is 208 g/mol. The van der Waals surface area contributed by atoms with Crippen molar-refractivity contribution in [1.29, 1.82) is 0 Å². The van der Waals surface area contributed by atoms with Crippen LogP contribution in [0, 0.1) is 5.92 Å². The normalized spacial score (nSPS) is 28.8. The highest BCUT2D eigenvalue weighted by atomic mass is 16.4. The van der Waals surface area contributed by atoms with Gasteiger partial charge in [0.1, 0.15) is 5.82 Å². The summed E-state index contributed by atoms with van der Waals surface area (Å²) >= 11 is 0. The lowest BCUT2D eigenvalue weighted by Gasteiger charge is -2.41. The van der Waals surface area contributed by atoms with Crippen LogP contribution < -0.4 is 0 Å².